The average Bonchev–Trinajstić information content (AvgIpc) is 3.26. The molecule has 2 unspecified atom stereocenters. The van der Waals surface area contributed by atoms with E-state index in [9.17, 15) is 22.8 Å². The molecule has 0 spiro atoms. The van der Waals surface area contributed by atoms with Crippen LogP contribution in [-0.2, 0) is 23.8 Å². The van der Waals surface area contributed by atoms with Gasteiger partial charge >= 0.3 is 12.2 Å². The smallest absolute Gasteiger partial charge is 0.335 e. The summed E-state index contributed by atoms with van der Waals surface area (Å²) in [6, 6.07) is 10.9. The second-order valence-corrected chi connectivity index (χ2v) is 9.77. The van der Waals surface area contributed by atoms with Crippen LogP contribution in [0.2, 0.25) is 0 Å². The number of carbonyl (C=O) groups is 2. The summed E-state index contributed by atoms with van der Waals surface area (Å²) in [4.78, 5) is 31.7. The van der Waals surface area contributed by atoms with E-state index in [1.54, 1.807) is 20.0 Å². The van der Waals surface area contributed by atoms with E-state index in [0.29, 0.717) is 43.5 Å². The first-order valence-corrected chi connectivity index (χ1v) is 12.7. The molecule has 8 heteroatoms. The highest BCUT2D eigenvalue weighted by Gasteiger charge is 2.46. The number of piperazine rings is 1. The molecule has 36 heavy (non-hydrogen) atoms. The van der Waals surface area contributed by atoms with Crippen molar-refractivity contribution in [2.45, 2.75) is 70.8 Å². The van der Waals surface area contributed by atoms with Crippen molar-refractivity contribution in [2.24, 2.45) is 0 Å². The molecule has 0 saturated carbocycles. The van der Waals surface area contributed by atoms with E-state index in [-0.39, 0.29) is 24.0 Å². The minimum atomic E-state index is -4.46. The van der Waals surface area contributed by atoms with Crippen molar-refractivity contribution < 1.29 is 22.8 Å². The maximum atomic E-state index is 13.9. The Bertz CT molecular complexity index is 1130. The highest BCUT2D eigenvalue weighted by molar-refractivity contribution is 5.81. The third-order valence-corrected chi connectivity index (χ3v) is 7.77. The van der Waals surface area contributed by atoms with E-state index in [0.717, 1.165) is 23.6 Å². The molecule has 2 aliphatic rings. The second-order valence-electron chi connectivity index (χ2n) is 9.77. The minimum Gasteiger partial charge on any atom is -0.335 e. The molecule has 0 aliphatic carbocycles. The number of rotatable bonds is 5. The Kier molecular flexibility index (Phi) is 7.34. The van der Waals surface area contributed by atoms with Crippen LogP contribution in [0.15, 0.2) is 42.5 Å². The lowest BCUT2D eigenvalue weighted by molar-refractivity contribution is -0.137. The summed E-state index contributed by atoms with van der Waals surface area (Å²) in [5.74, 6) is 0.115. The molecule has 2 aliphatic heterocycles. The zero-order valence-electron chi connectivity index (χ0n) is 21.3. The summed E-state index contributed by atoms with van der Waals surface area (Å²) < 4.78 is 40.6. The standard InChI is InChI=1S/C28H34F3N3O2/c1-5-19-15-21(17-22(16-19)28(29,30)31)18(3)32(4)27(36)34-14-13-33-24(11-12-25(33)35)26(34)23-10-8-7-9-20(23)6-2/h7-10,15-18,24,26H,5-6,11-14H2,1-4H3/t18-,24?,26?/m1/s1. The first kappa shape index (κ1) is 26.0. The number of hydrogen-bond donors (Lipinski definition) is 0. The number of nitrogens with zero attached hydrogens (tertiary/aromatic N) is 3. The summed E-state index contributed by atoms with van der Waals surface area (Å²) >= 11 is 0. The first-order valence-electron chi connectivity index (χ1n) is 12.7. The Morgan fingerprint density at radius 1 is 1.11 bits per heavy atom. The van der Waals surface area contributed by atoms with Gasteiger partial charge in [0.25, 0.3) is 0 Å². The van der Waals surface area contributed by atoms with Gasteiger partial charge in [-0.05, 0) is 60.6 Å². The van der Waals surface area contributed by atoms with Crippen LogP contribution < -0.4 is 0 Å². The van der Waals surface area contributed by atoms with E-state index in [1.165, 1.54) is 11.0 Å². The van der Waals surface area contributed by atoms with Crippen LogP contribution >= 0.6 is 0 Å². The molecule has 2 fully saturated rings. The largest absolute Gasteiger partial charge is 0.416 e. The molecule has 0 radical (unpaired) electrons. The van der Waals surface area contributed by atoms with Crippen molar-refractivity contribution in [3.05, 3.63) is 70.3 Å². The number of hydrogen-bond acceptors (Lipinski definition) is 2. The molecule has 2 saturated heterocycles. The molecule has 2 heterocycles. The highest BCUT2D eigenvalue weighted by atomic mass is 19.4. The molecule has 0 N–H and O–H groups in total. The molecular formula is C28H34F3N3O2. The fraction of sp³-hybridized carbons (Fsp3) is 0.500. The monoisotopic (exact) mass is 501 g/mol. The predicted octanol–water partition coefficient (Wildman–Crippen LogP) is 5.99. The van der Waals surface area contributed by atoms with Gasteiger partial charge in [0.2, 0.25) is 5.91 Å². The van der Waals surface area contributed by atoms with Crippen LogP contribution in [0.4, 0.5) is 18.0 Å². The summed E-state index contributed by atoms with van der Waals surface area (Å²) in [5.41, 5.74) is 2.50. The SMILES string of the molecule is CCc1cc([C@@H](C)N(C)C(=O)N2CCN3C(=O)CCC3C2c2ccccc2CC)cc(C(F)(F)F)c1. The number of carbonyl (C=O) groups excluding carboxylic acids is 2. The Balaban J connectivity index is 1.68. The van der Waals surface area contributed by atoms with E-state index < -0.39 is 17.8 Å². The second kappa shape index (κ2) is 10.1. The fourth-order valence-corrected chi connectivity index (χ4v) is 5.59. The number of amides is 3. The summed E-state index contributed by atoms with van der Waals surface area (Å²) in [6.07, 6.45) is -2.05. The van der Waals surface area contributed by atoms with E-state index in [4.69, 9.17) is 0 Å². The van der Waals surface area contributed by atoms with Gasteiger partial charge in [0.05, 0.1) is 23.7 Å². The van der Waals surface area contributed by atoms with Crippen LogP contribution in [0.3, 0.4) is 0 Å². The summed E-state index contributed by atoms with van der Waals surface area (Å²) in [5, 5.41) is 0. The third kappa shape index (κ3) is 4.82. The average molecular weight is 502 g/mol. The normalized spacial score (nSPS) is 20.9. The third-order valence-electron chi connectivity index (χ3n) is 7.77. The van der Waals surface area contributed by atoms with Crippen LogP contribution in [0.5, 0.6) is 0 Å². The van der Waals surface area contributed by atoms with Crippen molar-refractivity contribution >= 4 is 11.9 Å². The molecule has 3 atom stereocenters. The molecule has 2 aromatic carbocycles. The van der Waals surface area contributed by atoms with Gasteiger partial charge in [-0.2, -0.15) is 13.2 Å². The number of urea groups is 1. The lowest BCUT2D eigenvalue weighted by Gasteiger charge is -2.47. The van der Waals surface area contributed by atoms with Gasteiger partial charge in [0.15, 0.2) is 0 Å². The van der Waals surface area contributed by atoms with E-state index >= 15 is 0 Å². The molecule has 2 aromatic rings. The Hall–Kier alpha value is -3.03. The van der Waals surface area contributed by atoms with Crippen molar-refractivity contribution in [2.75, 3.05) is 20.1 Å². The van der Waals surface area contributed by atoms with Crippen molar-refractivity contribution in [1.29, 1.82) is 0 Å². The number of halogens is 3. The van der Waals surface area contributed by atoms with Crippen LogP contribution in [0.25, 0.3) is 0 Å². The molecule has 5 nitrogen and oxygen atoms in total. The Morgan fingerprint density at radius 3 is 2.50 bits per heavy atom. The molecule has 194 valence electrons. The Labute approximate surface area is 210 Å². The quantitative estimate of drug-likeness (QED) is 0.505. The maximum Gasteiger partial charge on any atom is 0.416 e. The van der Waals surface area contributed by atoms with Crippen LogP contribution in [-0.4, -0.2) is 52.8 Å². The van der Waals surface area contributed by atoms with Gasteiger partial charge in [0.1, 0.15) is 0 Å². The lowest BCUT2D eigenvalue weighted by atomic mass is 9.89. The topological polar surface area (TPSA) is 43.9 Å². The van der Waals surface area contributed by atoms with Gasteiger partial charge < -0.3 is 14.7 Å². The van der Waals surface area contributed by atoms with Crippen LogP contribution in [0, 0.1) is 0 Å². The van der Waals surface area contributed by atoms with Gasteiger partial charge in [0, 0.05) is 26.6 Å². The number of aryl methyl sites for hydroxylation is 2. The molecule has 4 rings (SSSR count). The first-order chi connectivity index (χ1) is 17.1. The zero-order valence-corrected chi connectivity index (χ0v) is 21.3. The molecule has 0 bridgehead atoms. The molecular weight excluding hydrogens is 467 g/mol. The number of fused-ring (bicyclic) bond motifs is 1. The van der Waals surface area contributed by atoms with Gasteiger partial charge in [-0.3, -0.25) is 4.79 Å². The number of alkyl halides is 3. The van der Waals surface area contributed by atoms with Crippen molar-refractivity contribution in [1.82, 2.24) is 14.7 Å². The molecule has 0 aromatic heterocycles. The minimum absolute atomic E-state index is 0.105. The van der Waals surface area contributed by atoms with Crippen molar-refractivity contribution in [3.8, 4) is 0 Å². The summed E-state index contributed by atoms with van der Waals surface area (Å²) in [6.45, 7) is 6.49. The fourth-order valence-electron chi connectivity index (χ4n) is 5.59. The number of benzene rings is 2. The maximum absolute atomic E-state index is 13.9. The Morgan fingerprint density at radius 2 is 1.83 bits per heavy atom. The predicted molar refractivity (Wildman–Crippen MR) is 132 cm³/mol. The molecule has 3 amide bonds. The summed E-state index contributed by atoms with van der Waals surface area (Å²) in [7, 11) is 1.65. The van der Waals surface area contributed by atoms with Gasteiger partial charge in [-0.25, -0.2) is 4.79 Å². The van der Waals surface area contributed by atoms with E-state index in [1.807, 2.05) is 34.9 Å². The van der Waals surface area contributed by atoms with Crippen LogP contribution in [0.1, 0.15) is 73.5 Å². The van der Waals surface area contributed by atoms with Gasteiger partial charge in [-0.15, -0.1) is 0 Å². The van der Waals surface area contributed by atoms with E-state index in [2.05, 4.69) is 13.0 Å². The van der Waals surface area contributed by atoms with Crippen molar-refractivity contribution in [3.63, 3.8) is 0 Å². The lowest BCUT2D eigenvalue weighted by Crippen LogP contribution is -2.57. The zero-order chi connectivity index (χ0) is 26.2. The highest BCUT2D eigenvalue weighted by Crippen LogP contribution is 2.40. The van der Waals surface area contributed by atoms with Gasteiger partial charge in [-0.1, -0.05) is 44.2 Å².